The summed E-state index contributed by atoms with van der Waals surface area (Å²) in [6, 6.07) is 4.23. The van der Waals surface area contributed by atoms with Gasteiger partial charge >= 0.3 is 0 Å². The van der Waals surface area contributed by atoms with E-state index in [1.54, 1.807) is 13.3 Å². The van der Waals surface area contributed by atoms with E-state index in [4.69, 9.17) is 10.5 Å². The van der Waals surface area contributed by atoms with Crippen molar-refractivity contribution in [2.75, 3.05) is 19.4 Å². The number of ether oxygens (including phenoxy) is 1. The predicted octanol–water partition coefficient (Wildman–Crippen LogP) is 2.25. The van der Waals surface area contributed by atoms with Gasteiger partial charge in [0.15, 0.2) is 0 Å². The van der Waals surface area contributed by atoms with Gasteiger partial charge in [0.1, 0.15) is 5.82 Å². The van der Waals surface area contributed by atoms with E-state index in [-0.39, 0.29) is 12.1 Å². The van der Waals surface area contributed by atoms with Crippen LogP contribution in [0.15, 0.2) is 18.3 Å². The van der Waals surface area contributed by atoms with Crippen molar-refractivity contribution in [3.63, 3.8) is 0 Å². The summed E-state index contributed by atoms with van der Waals surface area (Å²) in [5.74, 6) is 1.07. The number of nitrogen functional groups attached to an aromatic ring is 1. The first-order valence-corrected chi connectivity index (χ1v) is 7.05. The van der Waals surface area contributed by atoms with Gasteiger partial charge in [-0.1, -0.05) is 26.8 Å². The van der Waals surface area contributed by atoms with E-state index in [0.717, 1.165) is 24.9 Å². The third-order valence-electron chi connectivity index (χ3n) is 3.35. The molecule has 2 unspecified atom stereocenters. The average molecular weight is 265 g/mol. The Hall–Kier alpha value is -1.13. The molecular weight excluding hydrogens is 238 g/mol. The first-order valence-electron chi connectivity index (χ1n) is 7.05. The average Bonchev–Trinajstić information content (AvgIpc) is 2.38. The Morgan fingerprint density at radius 3 is 2.68 bits per heavy atom. The number of hydrogen-bond acceptors (Lipinski definition) is 4. The standard InChI is InChI=1S/C15H27N3O/c1-5-8-17-13(14(19-4)11(2)3)10-12-7-6-9-18-15(12)16/h6-7,9,11,13-14,17H,5,8,10H2,1-4H3,(H2,16,18). The number of nitrogens with one attached hydrogen (secondary N) is 1. The quantitative estimate of drug-likeness (QED) is 0.757. The highest BCUT2D eigenvalue weighted by Crippen LogP contribution is 2.17. The summed E-state index contributed by atoms with van der Waals surface area (Å²) < 4.78 is 5.66. The highest BCUT2D eigenvalue weighted by Gasteiger charge is 2.24. The smallest absolute Gasteiger partial charge is 0.126 e. The minimum Gasteiger partial charge on any atom is -0.383 e. The van der Waals surface area contributed by atoms with Crippen LogP contribution >= 0.6 is 0 Å². The molecule has 0 aliphatic rings. The van der Waals surface area contributed by atoms with E-state index in [1.807, 2.05) is 12.1 Å². The van der Waals surface area contributed by atoms with Crippen LogP contribution in [0.1, 0.15) is 32.8 Å². The molecular formula is C15H27N3O. The molecule has 0 saturated heterocycles. The van der Waals surface area contributed by atoms with Gasteiger partial charge in [0.2, 0.25) is 0 Å². The second-order valence-electron chi connectivity index (χ2n) is 5.26. The third kappa shape index (κ3) is 4.80. The van der Waals surface area contributed by atoms with Gasteiger partial charge in [-0.25, -0.2) is 4.98 Å². The first kappa shape index (κ1) is 15.9. The van der Waals surface area contributed by atoms with Gasteiger partial charge in [-0.05, 0) is 36.9 Å². The molecule has 4 nitrogen and oxygen atoms in total. The van der Waals surface area contributed by atoms with Crippen molar-refractivity contribution in [1.82, 2.24) is 10.3 Å². The van der Waals surface area contributed by atoms with Gasteiger partial charge in [-0.2, -0.15) is 0 Å². The molecule has 0 amide bonds. The fourth-order valence-electron chi connectivity index (χ4n) is 2.40. The summed E-state index contributed by atoms with van der Waals surface area (Å²) in [5, 5.41) is 3.57. The topological polar surface area (TPSA) is 60.2 Å². The number of anilines is 1. The van der Waals surface area contributed by atoms with E-state index >= 15 is 0 Å². The van der Waals surface area contributed by atoms with Gasteiger partial charge in [0.25, 0.3) is 0 Å². The molecule has 0 fully saturated rings. The van der Waals surface area contributed by atoms with Crippen molar-refractivity contribution in [3.8, 4) is 0 Å². The van der Waals surface area contributed by atoms with E-state index < -0.39 is 0 Å². The Labute approximate surface area is 116 Å². The van der Waals surface area contributed by atoms with Gasteiger partial charge in [-0.3, -0.25) is 0 Å². The minimum atomic E-state index is 0.172. The van der Waals surface area contributed by atoms with E-state index in [1.165, 1.54) is 0 Å². The SMILES string of the molecule is CCCNC(Cc1cccnc1N)C(OC)C(C)C. The molecule has 108 valence electrons. The molecule has 1 heterocycles. The highest BCUT2D eigenvalue weighted by molar-refractivity contribution is 5.39. The van der Waals surface area contributed by atoms with E-state index in [0.29, 0.717) is 11.7 Å². The molecule has 4 heteroatoms. The maximum atomic E-state index is 5.94. The van der Waals surface area contributed by atoms with Crippen molar-refractivity contribution in [2.45, 2.75) is 45.8 Å². The van der Waals surface area contributed by atoms with Gasteiger partial charge in [0, 0.05) is 19.3 Å². The van der Waals surface area contributed by atoms with Crippen LogP contribution < -0.4 is 11.1 Å². The second-order valence-corrected chi connectivity index (χ2v) is 5.26. The molecule has 0 bridgehead atoms. The van der Waals surface area contributed by atoms with Gasteiger partial charge < -0.3 is 15.8 Å². The third-order valence-corrected chi connectivity index (χ3v) is 3.35. The van der Waals surface area contributed by atoms with Crippen LogP contribution in [0, 0.1) is 5.92 Å². The maximum absolute atomic E-state index is 5.94. The number of nitrogens with zero attached hydrogens (tertiary/aromatic N) is 1. The van der Waals surface area contributed by atoms with Crippen molar-refractivity contribution in [3.05, 3.63) is 23.9 Å². The number of aromatic nitrogens is 1. The molecule has 1 aromatic heterocycles. The fourth-order valence-corrected chi connectivity index (χ4v) is 2.40. The van der Waals surface area contributed by atoms with Crippen LogP contribution in [0.25, 0.3) is 0 Å². The van der Waals surface area contributed by atoms with Crippen molar-refractivity contribution < 1.29 is 4.74 Å². The van der Waals surface area contributed by atoms with Crippen molar-refractivity contribution in [2.24, 2.45) is 5.92 Å². The van der Waals surface area contributed by atoms with Crippen molar-refractivity contribution in [1.29, 1.82) is 0 Å². The lowest BCUT2D eigenvalue weighted by molar-refractivity contribution is 0.0333. The van der Waals surface area contributed by atoms with Gasteiger partial charge in [-0.15, -0.1) is 0 Å². The van der Waals surface area contributed by atoms with E-state index in [2.05, 4.69) is 31.1 Å². The molecule has 1 rings (SSSR count). The summed E-state index contributed by atoms with van der Waals surface area (Å²) >= 11 is 0. The Kier molecular flexibility index (Phi) is 6.81. The van der Waals surface area contributed by atoms with Crippen LogP contribution in [0.2, 0.25) is 0 Å². The molecule has 0 aliphatic heterocycles. The van der Waals surface area contributed by atoms with E-state index in [9.17, 15) is 0 Å². The van der Waals surface area contributed by atoms with Gasteiger partial charge in [0.05, 0.1) is 6.10 Å². The fraction of sp³-hybridized carbons (Fsp3) is 0.667. The molecule has 3 N–H and O–H groups in total. The molecule has 0 aliphatic carbocycles. The molecule has 0 spiro atoms. The molecule has 2 atom stereocenters. The molecule has 19 heavy (non-hydrogen) atoms. The number of hydrogen-bond donors (Lipinski definition) is 2. The lowest BCUT2D eigenvalue weighted by Crippen LogP contribution is -2.45. The van der Waals surface area contributed by atoms with Crippen LogP contribution in [-0.4, -0.2) is 30.8 Å². The second kappa shape index (κ2) is 8.12. The molecule has 0 radical (unpaired) electrons. The number of methoxy groups -OCH3 is 1. The molecule has 0 aromatic carbocycles. The van der Waals surface area contributed by atoms with Crippen LogP contribution in [-0.2, 0) is 11.2 Å². The zero-order valence-corrected chi connectivity index (χ0v) is 12.5. The normalized spacial score (nSPS) is 14.6. The summed E-state index contributed by atoms with van der Waals surface area (Å²) in [7, 11) is 1.78. The summed E-state index contributed by atoms with van der Waals surface area (Å²) in [6.45, 7) is 7.51. The predicted molar refractivity (Wildman–Crippen MR) is 80.1 cm³/mol. The van der Waals surface area contributed by atoms with Crippen LogP contribution in [0.4, 0.5) is 5.82 Å². The summed E-state index contributed by atoms with van der Waals surface area (Å²) in [6.07, 6.45) is 3.85. The number of nitrogens with two attached hydrogens (primary N) is 1. The highest BCUT2D eigenvalue weighted by atomic mass is 16.5. The van der Waals surface area contributed by atoms with Crippen LogP contribution in [0.5, 0.6) is 0 Å². The van der Waals surface area contributed by atoms with Crippen LogP contribution in [0.3, 0.4) is 0 Å². The summed E-state index contributed by atoms with van der Waals surface area (Å²) in [5.41, 5.74) is 7.02. The minimum absolute atomic E-state index is 0.172. The Morgan fingerprint density at radius 2 is 2.16 bits per heavy atom. The Bertz CT molecular complexity index is 368. The lowest BCUT2D eigenvalue weighted by atomic mass is 9.94. The summed E-state index contributed by atoms with van der Waals surface area (Å²) in [4.78, 5) is 4.15. The lowest BCUT2D eigenvalue weighted by Gasteiger charge is -2.30. The monoisotopic (exact) mass is 265 g/mol. The zero-order chi connectivity index (χ0) is 14.3. The van der Waals surface area contributed by atoms with Crippen molar-refractivity contribution >= 4 is 5.82 Å². The Morgan fingerprint density at radius 1 is 1.42 bits per heavy atom. The first-order chi connectivity index (χ1) is 9.10. The molecule has 0 saturated carbocycles. The molecule has 1 aromatic rings. The number of rotatable bonds is 8. The Balaban J connectivity index is 2.82. The largest absolute Gasteiger partial charge is 0.383 e. The number of pyridine rings is 1. The maximum Gasteiger partial charge on any atom is 0.126 e. The zero-order valence-electron chi connectivity index (χ0n) is 12.5.